The topological polar surface area (TPSA) is 9.23 Å². The summed E-state index contributed by atoms with van der Waals surface area (Å²) in [7, 11) is 0. The molecular weight excluding hydrogens is 131 g/mol. The molecule has 2 atom stereocenters. The van der Waals surface area contributed by atoms with Gasteiger partial charge in [-0.05, 0) is 6.92 Å². The van der Waals surface area contributed by atoms with Gasteiger partial charge in [0.2, 0.25) is 5.13 Å². The maximum atomic E-state index is 12.3. The first-order valence-electron chi connectivity index (χ1n) is 2.66. The second-order valence-electron chi connectivity index (χ2n) is 1.91. The quantitative estimate of drug-likeness (QED) is 0.528. The molecule has 0 aromatic heterocycles. The first-order valence-corrected chi connectivity index (χ1v) is 3.04. The molecule has 0 bridgehead atoms. The number of halogens is 2. The Morgan fingerprint density at radius 2 is 2.50 bits per heavy atom. The minimum absolute atomic E-state index is 0.339. The molecule has 1 saturated carbocycles. The van der Waals surface area contributed by atoms with E-state index in [-0.39, 0.29) is 6.10 Å². The molecule has 48 valence electrons. The van der Waals surface area contributed by atoms with E-state index in [0.717, 1.165) is 0 Å². The van der Waals surface area contributed by atoms with E-state index in [1.807, 2.05) is 6.92 Å². The molecule has 0 aromatic carbocycles. The first-order chi connectivity index (χ1) is 3.67. The van der Waals surface area contributed by atoms with Crippen molar-refractivity contribution in [1.29, 1.82) is 0 Å². The average molecular weight is 139 g/mol. The molecule has 1 fully saturated rings. The number of hydrogen-bond donors (Lipinski definition) is 0. The summed E-state index contributed by atoms with van der Waals surface area (Å²) in [6.07, 6.45) is 0.0109. The fourth-order valence-electron chi connectivity index (χ4n) is 0.570. The number of hydrogen-bond acceptors (Lipinski definition) is 1. The van der Waals surface area contributed by atoms with Gasteiger partial charge in [-0.1, -0.05) is 11.6 Å². The Morgan fingerprint density at radius 1 is 2.00 bits per heavy atom. The summed E-state index contributed by atoms with van der Waals surface area (Å²) in [6, 6.07) is 0. The van der Waals surface area contributed by atoms with Gasteiger partial charge in [-0.3, -0.25) is 0 Å². The molecule has 0 amide bonds. The lowest BCUT2D eigenvalue weighted by molar-refractivity contribution is 0.106. The molecular formula is C5H8ClFO. The second-order valence-corrected chi connectivity index (χ2v) is 2.54. The Labute approximate surface area is 52.8 Å². The highest BCUT2D eigenvalue weighted by Crippen LogP contribution is 2.46. The fraction of sp³-hybridized carbons (Fsp3) is 1.00. The van der Waals surface area contributed by atoms with Crippen molar-refractivity contribution in [1.82, 2.24) is 0 Å². The van der Waals surface area contributed by atoms with Crippen molar-refractivity contribution >= 4 is 11.6 Å². The zero-order valence-electron chi connectivity index (χ0n) is 4.66. The van der Waals surface area contributed by atoms with Crippen molar-refractivity contribution in [3.63, 3.8) is 0 Å². The van der Waals surface area contributed by atoms with Crippen LogP contribution in [0.15, 0.2) is 0 Å². The van der Waals surface area contributed by atoms with Gasteiger partial charge >= 0.3 is 0 Å². The van der Waals surface area contributed by atoms with Crippen LogP contribution in [0.1, 0.15) is 13.3 Å². The molecule has 1 nitrogen and oxygen atoms in total. The molecule has 3 heteroatoms. The second kappa shape index (κ2) is 1.85. The van der Waals surface area contributed by atoms with Gasteiger partial charge in [-0.2, -0.15) is 0 Å². The van der Waals surface area contributed by atoms with Crippen LogP contribution in [0.4, 0.5) is 4.39 Å². The Morgan fingerprint density at radius 3 is 2.62 bits per heavy atom. The van der Waals surface area contributed by atoms with E-state index in [9.17, 15) is 4.39 Å². The van der Waals surface area contributed by atoms with Gasteiger partial charge in [0.1, 0.15) is 6.10 Å². The largest absolute Gasteiger partial charge is 0.374 e. The van der Waals surface area contributed by atoms with Crippen molar-refractivity contribution in [2.45, 2.75) is 24.6 Å². The van der Waals surface area contributed by atoms with Gasteiger partial charge in [0.05, 0.1) is 0 Å². The van der Waals surface area contributed by atoms with E-state index < -0.39 is 5.13 Å². The third kappa shape index (κ3) is 1.12. The summed E-state index contributed by atoms with van der Waals surface area (Å²) in [5, 5.41) is -1.53. The molecule has 0 heterocycles. The third-order valence-corrected chi connectivity index (χ3v) is 1.53. The lowest BCUT2D eigenvalue weighted by Gasteiger charge is -1.95. The summed E-state index contributed by atoms with van der Waals surface area (Å²) in [4.78, 5) is 0. The standard InChI is InChI=1S/C5H8ClFO/c1-2-8-4-3-5(4,6)7/h4H,2-3H2,1H3/t4-,5+/m0/s1. The number of rotatable bonds is 2. The van der Waals surface area contributed by atoms with Crippen molar-refractivity contribution in [2.75, 3.05) is 6.61 Å². The van der Waals surface area contributed by atoms with Crippen LogP contribution < -0.4 is 0 Å². The van der Waals surface area contributed by atoms with Crippen LogP contribution in [0.3, 0.4) is 0 Å². The third-order valence-electron chi connectivity index (χ3n) is 1.14. The van der Waals surface area contributed by atoms with Gasteiger partial charge in [-0.15, -0.1) is 0 Å². The van der Waals surface area contributed by atoms with E-state index in [1.54, 1.807) is 0 Å². The van der Waals surface area contributed by atoms with Gasteiger partial charge in [0, 0.05) is 13.0 Å². The minimum atomic E-state index is -1.53. The summed E-state index contributed by atoms with van der Waals surface area (Å²) in [6.45, 7) is 2.37. The lowest BCUT2D eigenvalue weighted by atomic mass is 10.8. The van der Waals surface area contributed by atoms with Crippen LogP contribution in [0.5, 0.6) is 0 Å². The Balaban J connectivity index is 2.17. The Kier molecular flexibility index (Phi) is 1.46. The van der Waals surface area contributed by atoms with Crippen molar-refractivity contribution in [2.24, 2.45) is 0 Å². The van der Waals surface area contributed by atoms with Crippen LogP contribution in [0.25, 0.3) is 0 Å². The molecule has 0 unspecified atom stereocenters. The summed E-state index contributed by atoms with van der Waals surface area (Å²) in [5.74, 6) is 0. The molecule has 0 spiro atoms. The minimum Gasteiger partial charge on any atom is -0.374 e. The van der Waals surface area contributed by atoms with Gasteiger partial charge in [-0.25, -0.2) is 4.39 Å². The zero-order chi connectivity index (χ0) is 6.20. The summed E-state index contributed by atoms with van der Waals surface area (Å²) < 4.78 is 17.2. The molecule has 1 rings (SSSR count). The van der Waals surface area contributed by atoms with E-state index >= 15 is 0 Å². The van der Waals surface area contributed by atoms with Crippen LogP contribution in [-0.2, 0) is 4.74 Å². The monoisotopic (exact) mass is 138 g/mol. The normalized spacial score (nSPS) is 44.6. The highest BCUT2D eigenvalue weighted by atomic mass is 35.5. The summed E-state index contributed by atoms with van der Waals surface area (Å²) >= 11 is 5.19. The summed E-state index contributed by atoms with van der Waals surface area (Å²) in [5.41, 5.74) is 0. The SMILES string of the molecule is CCO[C@H]1C[C@]1(F)Cl. The molecule has 8 heavy (non-hydrogen) atoms. The first kappa shape index (κ1) is 6.30. The maximum absolute atomic E-state index is 12.3. The zero-order valence-corrected chi connectivity index (χ0v) is 5.41. The van der Waals surface area contributed by atoms with Gasteiger partial charge < -0.3 is 4.74 Å². The van der Waals surface area contributed by atoms with Crippen LogP contribution in [-0.4, -0.2) is 17.8 Å². The molecule has 0 aliphatic heterocycles. The highest BCUT2D eigenvalue weighted by molar-refractivity contribution is 6.25. The molecule has 1 aliphatic carbocycles. The molecule has 1 aliphatic rings. The molecule has 0 saturated heterocycles. The van der Waals surface area contributed by atoms with Crippen molar-refractivity contribution in [3.05, 3.63) is 0 Å². The highest BCUT2D eigenvalue weighted by Gasteiger charge is 2.55. The predicted octanol–water partition coefficient (Wildman–Crippen LogP) is 1.70. The van der Waals surface area contributed by atoms with Crippen LogP contribution in [0.2, 0.25) is 0 Å². The number of alkyl halides is 2. The van der Waals surface area contributed by atoms with Gasteiger partial charge in [0.25, 0.3) is 0 Å². The Bertz CT molecular complexity index is 94.4. The average Bonchev–Trinajstić information content (AvgIpc) is 2.15. The van der Waals surface area contributed by atoms with E-state index in [4.69, 9.17) is 16.3 Å². The van der Waals surface area contributed by atoms with Gasteiger partial charge in [0.15, 0.2) is 0 Å². The van der Waals surface area contributed by atoms with Crippen LogP contribution >= 0.6 is 11.6 Å². The molecule has 0 radical (unpaired) electrons. The fourth-order valence-corrected chi connectivity index (χ4v) is 0.773. The van der Waals surface area contributed by atoms with Crippen molar-refractivity contribution < 1.29 is 9.13 Å². The van der Waals surface area contributed by atoms with E-state index in [0.29, 0.717) is 13.0 Å². The van der Waals surface area contributed by atoms with Crippen LogP contribution in [0, 0.1) is 0 Å². The molecule has 0 N–H and O–H groups in total. The smallest absolute Gasteiger partial charge is 0.212 e. The van der Waals surface area contributed by atoms with Crippen molar-refractivity contribution in [3.8, 4) is 0 Å². The Hall–Kier alpha value is 0.180. The molecule has 0 aromatic rings. The lowest BCUT2D eigenvalue weighted by Crippen LogP contribution is -2.01. The van der Waals surface area contributed by atoms with E-state index in [1.165, 1.54) is 0 Å². The number of ether oxygens (including phenoxy) is 1. The predicted molar refractivity (Wildman–Crippen MR) is 29.7 cm³/mol. The van der Waals surface area contributed by atoms with E-state index in [2.05, 4.69) is 0 Å². The maximum Gasteiger partial charge on any atom is 0.212 e.